The summed E-state index contributed by atoms with van der Waals surface area (Å²) in [5, 5.41) is 14.4. The number of phenols is 1. The second kappa shape index (κ2) is 6.48. The molecule has 0 fully saturated rings. The SMILES string of the molecule is CNC(=O)CCCSc1ccc(O)c2ccccc12. The van der Waals surface area contributed by atoms with Crippen LogP contribution < -0.4 is 5.32 Å². The van der Waals surface area contributed by atoms with Gasteiger partial charge in [0.25, 0.3) is 0 Å². The normalized spacial score (nSPS) is 10.6. The first-order valence-electron chi connectivity index (χ1n) is 6.26. The predicted molar refractivity (Wildman–Crippen MR) is 79.6 cm³/mol. The number of thioether (sulfide) groups is 1. The molecule has 1 amide bonds. The summed E-state index contributed by atoms with van der Waals surface area (Å²) in [5.41, 5.74) is 0. The molecule has 3 nitrogen and oxygen atoms in total. The number of nitrogens with one attached hydrogen (secondary N) is 1. The van der Waals surface area contributed by atoms with E-state index in [0.717, 1.165) is 27.8 Å². The first-order valence-corrected chi connectivity index (χ1v) is 7.25. The van der Waals surface area contributed by atoms with Gasteiger partial charge in [0.1, 0.15) is 5.75 Å². The maximum Gasteiger partial charge on any atom is 0.219 e. The van der Waals surface area contributed by atoms with Gasteiger partial charge in [-0.25, -0.2) is 0 Å². The summed E-state index contributed by atoms with van der Waals surface area (Å²) in [7, 11) is 1.66. The molecule has 0 heterocycles. The number of hydrogen-bond donors (Lipinski definition) is 2. The van der Waals surface area contributed by atoms with Crippen LogP contribution in [-0.4, -0.2) is 23.8 Å². The van der Waals surface area contributed by atoms with Gasteiger partial charge in [0, 0.05) is 23.8 Å². The highest BCUT2D eigenvalue weighted by Crippen LogP contribution is 2.33. The Labute approximate surface area is 117 Å². The standard InChI is InChI=1S/C15H17NO2S/c1-16-15(18)7-4-10-19-14-9-8-13(17)11-5-2-3-6-12(11)14/h2-3,5-6,8-9,17H,4,7,10H2,1H3,(H,16,18). The van der Waals surface area contributed by atoms with E-state index < -0.39 is 0 Å². The van der Waals surface area contributed by atoms with Crippen molar-refractivity contribution in [1.29, 1.82) is 0 Å². The molecule has 0 radical (unpaired) electrons. The zero-order chi connectivity index (χ0) is 13.7. The zero-order valence-electron chi connectivity index (χ0n) is 10.8. The molecular weight excluding hydrogens is 258 g/mol. The van der Waals surface area contributed by atoms with Crippen LogP contribution in [0.4, 0.5) is 0 Å². The minimum atomic E-state index is 0.0798. The van der Waals surface area contributed by atoms with Crippen LogP contribution >= 0.6 is 11.8 Å². The predicted octanol–water partition coefficient (Wildman–Crippen LogP) is 3.16. The molecule has 0 saturated carbocycles. The maximum absolute atomic E-state index is 11.1. The first-order chi connectivity index (χ1) is 9.22. The maximum atomic E-state index is 11.1. The Bertz CT molecular complexity index is 583. The minimum absolute atomic E-state index is 0.0798. The average molecular weight is 275 g/mol. The topological polar surface area (TPSA) is 49.3 Å². The fraction of sp³-hybridized carbons (Fsp3) is 0.267. The molecule has 0 aliphatic heterocycles. The Kier molecular flexibility index (Phi) is 4.68. The molecule has 0 spiro atoms. The highest BCUT2D eigenvalue weighted by Gasteiger charge is 2.05. The molecule has 0 saturated heterocycles. The van der Waals surface area contributed by atoms with Crippen molar-refractivity contribution in [2.75, 3.05) is 12.8 Å². The van der Waals surface area contributed by atoms with Gasteiger partial charge < -0.3 is 10.4 Å². The van der Waals surface area contributed by atoms with Crippen molar-refractivity contribution >= 4 is 28.4 Å². The highest BCUT2D eigenvalue weighted by molar-refractivity contribution is 7.99. The van der Waals surface area contributed by atoms with E-state index in [-0.39, 0.29) is 5.91 Å². The van der Waals surface area contributed by atoms with Gasteiger partial charge in [-0.1, -0.05) is 24.3 Å². The molecule has 2 aromatic carbocycles. The number of carbonyl (C=O) groups is 1. The number of carbonyl (C=O) groups excluding carboxylic acids is 1. The number of phenolic OH excluding ortho intramolecular Hbond substituents is 1. The van der Waals surface area contributed by atoms with Gasteiger partial charge >= 0.3 is 0 Å². The lowest BCUT2D eigenvalue weighted by Crippen LogP contribution is -2.17. The molecule has 0 aliphatic rings. The van der Waals surface area contributed by atoms with Crippen LogP contribution in [-0.2, 0) is 4.79 Å². The zero-order valence-corrected chi connectivity index (χ0v) is 11.7. The number of rotatable bonds is 5. The smallest absolute Gasteiger partial charge is 0.219 e. The van der Waals surface area contributed by atoms with Gasteiger partial charge in [0.05, 0.1) is 0 Å². The Morgan fingerprint density at radius 2 is 1.95 bits per heavy atom. The number of fused-ring (bicyclic) bond motifs is 1. The Balaban J connectivity index is 2.05. The number of amides is 1. The van der Waals surface area contributed by atoms with Crippen LogP contribution in [0.25, 0.3) is 10.8 Å². The molecule has 0 unspecified atom stereocenters. The summed E-state index contributed by atoms with van der Waals surface area (Å²) in [4.78, 5) is 12.3. The molecule has 0 atom stereocenters. The Morgan fingerprint density at radius 3 is 2.68 bits per heavy atom. The van der Waals surface area contributed by atoms with Crippen LogP contribution in [0, 0.1) is 0 Å². The largest absolute Gasteiger partial charge is 0.507 e. The van der Waals surface area contributed by atoms with Crippen LogP contribution in [0.15, 0.2) is 41.3 Å². The Hall–Kier alpha value is -1.68. The van der Waals surface area contributed by atoms with Gasteiger partial charge in [-0.15, -0.1) is 11.8 Å². The van der Waals surface area contributed by atoms with Gasteiger partial charge in [0.2, 0.25) is 5.91 Å². The first kappa shape index (κ1) is 13.7. The van der Waals surface area contributed by atoms with E-state index >= 15 is 0 Å². The minimum Gasteiger partial charge on any atom is -0.507 e. The second-order valence-electron chi connectivity index (χ2n) is 4.25. The lowest BCUT2D eigenvalue weighted by Gasteiger charge is -2.07. The summed E-state index contributed by atoms with van der Waals surface area (Å²) in [6.07, 6.45) is 1.40. The summed E-state index contributed by atoms with van der Waals surface area (Å²) in [6, 6.07) is 11.5. The molecule has 0 aromatic heterocycles. The summed E-state index contributed by atoms with van der Waals surface area (Å²) in [5.74, 6) is 1.28. The summed E-state index contributed by atoms with van der Waals surface area (Å²) in [6.45, 7) is 0. The monoisotopic (exact) mass is 275 g/mol. The number of aromatic hydroxyl groups is 1. The van der Waals surface area contributed by atoms with Crippen molar-refractivity contribution in [2.24, 2.45) is 0 Å². The lowest BCUT2D eigenvalue weighted by molar-refractivity contribution is -0.120. The van der Waals surface area contributed by atoms with Crippen LogP contribution in [0.1, 0.15) is 12.8 Å². The van der Waals surface area contributed by atoms with Gasteiger partial charge in [-0.3, -0.25) is 4.79 Å². The third-order valence-electron chi connectivity index (χ3n) is 2.95. The van der Waals surface area contributed by atoms with E-state index in [4.69, 9.17) is 0 Å². The van der Waals surface area contributed by atoms with E-state index in [9.17, 15) is 9.90 Å². The van der Waals surface area contributed by atoms with Crippen molar-refractivity contribution in [3.63, 3.8) is 0 Å². The fourth-order valence-electron chi connectivity index (χ4n) is 1.92. The second-order valence-corrected chi connectivity index (χ2v) is 5.39. The van der Waals surface area contributed by atoms with Crippen LogP contribution in [0.2, 0.25) is 0 Å². The molecule has 2 rings (SSSR count). The third kappa shape index (κ3) is 3.41. The third-order valence-corrected chi connectivity index (χ3v) is 4.11. The van der Waals surface area contributed by atoms with Crippen molar-refractivity contribution in [2.45, 2.75) is 17.7 Å². The van der Waals surface area contributed by atoms with E-state index in [1.165, 1.54) is 0 Å². The molecule has 0 bridgehead atoms. The van der Waals surface area contributed by atoms with Gasteiger partial charge in [-0.05, 0) is 29.7 Å². The molecule has 2 N–H and O–H groups in total. The average Bonchev–Trinajstić information content (AvgIpc) is 2.45. The van der Waals surface area contributed by atoms with Crippen LogP contribution in [0.5, 0.6) is 5.75 Å². The molecule has 19 heavy (non-hydrogen) atoms. The van der Waals surface area contributed by atoms with Gasteiger partial charge in [-0.2, -0.15) is 0 Å². The Morgan fingerprint density at radius 1 is 1.21 bits per heavy atom. The van der Waals surface area contributed by atoms with Crippen molar-refractivity contribution in [3.8, 4) is 5.75 Å². The molecule has 100 valence electrons. The molecular formula is C15H17NO2S. The fourth-order valence-corrected chi connectivity index (χ4v) is 2.93. The van der Waals surface area contributed by atoms with Crippen LogP contribution in [0.3, 0.4) is 0 Å². The van der Waals surface area contributed by atoms with E-state index in [1.807, 2.05) is 30.3 Å². The summed E-state index contributed by atoms with van der Waals surface area (Å²) < 4.78 is 0. The quantitative estimate of drug-likeness (QED) is 0.651. The highest BCUT2D eigenvalue weighted by atomic mass is 32.2. The number of benzene rings is 2. The van der Waals surface area contributed by atoms with E-state index in [2.05, 4.69) is 5.32 Å². The van der Waals surface area contributed by atoms with E-state index in [1.54, 1.807) is 24.9 Å². The summed E-state index contributed by atoms with van der Waals surface area (Å²) >= 11 is 1.72. The van der Waals surface area contributed by atoms with Gasteiger partial charge in [0.15, 0.2) is 0 Å². The molecule has 0 aliphatic carbocycles. The van der Waals surface area contributed by atoms with Crippen molar-refractivity contribution in [3.05, 3.63) is 36.4 Å². The molecule has 4 heteroatoms. The lowest BCUT2D eigenvalue weighted by atomic mass is 10.1. The van der Waals surface area contributed by atoms with Crippen molar-refractivity contribution < 1.29 is 9.90 Å². The number of hydrogen-bond acceptors (Lipinski definition) is 3. The molecule has 2 aromatic rings. The van der Waals surface area contributed by atoms with E-state index in [0.29, 0.717) is 12.2 Å². The van der Waals surface area contributed by atoms with Crippen molar-refractivity contribution in [1.82, 2.24) is 5.32 Å².